The maximum atomic E-state index is 12.8. The van der Waals surface area contributed by atoms with E-state index in [1.807, 2.05) is 6.92 Å². The summed E-state index contributed by atoms with van der Waals surface area (Å²) in [6, 6.07) is 6.34. The maximum Gasteiger partial charge on any atom is 0.325 e. The molecule has 0 aliphatic carbocycles. The van der Waals surface area contributed by atoms with Crippen molar-refractivity contribution in [3.63, 3.8) is 0 Å². The first-order valence-corrected chi connectivity index (χ1v) is 10.9. The number of rotatable bonds is 8. The number of carbonyl (C=O) groups is 2. The maximum absolute atomic E-state index is 12.8. The molecule has 0 spiro atoms. The molecular weight excluding hydrogens is 384 g/mol. The molecule has 9 heteroatoms. The number of ether oxygens (including phenoxy) is 2. The number of esters is 1. The van der Waals surface area contributed by atoms with Crippen LogP contribution in [0.3, 0.4) is 0 Å². The highest BCUT2D eigenvalue weighted by atomic mass is 32.2. The van der Waals surface area contributed by atoms with E-state index in [0.29, 0.717) is 25.2 Å². The monoisotopic (exact) mass is 412 g/mol. The zero-order valence-corrected chi connectivity index (χ0v) is 17.4. The molecular formula is C19H28N2O6S. The van der Waals surface area contributed by atoms with Gasteiger partial charge in [-0.15, -0.1) is 0 Å². The van der Waals surface area contributed by atoms with Gasteiger partial charge in [0.1, 0.15) is 12.3 Å². The number of piperidine rings is 1. The number of benzene rings is 1. The Bertz CT molecular complexity index is 770. The average molecular weight is 413 g/mol. The molecule has 2 rings (SSSR count). The Labute approximate surface area is 166 Å². The topological polar surface area (TPSA) is 93.2 Å². The SMILES string of the molecule is CCOC(=O)CN(C)C(=O)C1CCN(S(=O)(=O)c2ccc(OCC)cc2)CC1. The van der Waals surface area contributed by atoms with Crippen LogP contribution in [0.25, 0.3) is 0 Å². The summed E-state index contributed by atoms with van der Waals surface area (Å²) in [4.78, 5) is 25.6. The van der Waals surface area contributed by atoms with Gasteiger partial charge in [-0.1, -0.05) is 0 Å². The van der Waals surface area contributed by atoms with Crippen molar-refractivity contribution in [2.24, 2.45) is 5.92 Å². The van der Waals surface area contributed by atoms with Crippen LogP contribution in [0.4, 0.5) is 0 Å². The highest BCUT2D eigenvalue weighted by molar-refractivity contribution is 7.89. The molecule has 8 nitrogen and oxygen atoms in total. The number of hydrogen-bond acceptors (Lipinski definition) is 6. The van der Waals surface area contributed by atoms with Crippen molar-refractivity contribution in [3.05, 3.63) is 24.3 Å². The molecule has 1 fully saturated rings. The van der Waals surface area contributed by atoms with Crippen LogP contribution >= 0.6 is 0 Å². The average Bonchev–Trinajstić information content (AvgIpc) is 2.68. The molecule has 1 heterocycles. The molecule has 1 aromatic rings. The number of hydrogen-bond donors (Lipinski definition) is 0. The van der Waals surface area contributed by atoms with Gasteiger partial charge in [-0.25, -0.2) is 8.42 Å². The summed E-state index contributed by atoms with van der Waals surface area (Å²) in [6.07, 6.45) is 0.838. The van der Waals surface area contributed by atoms with Crippen LogP contribution in [0.15, 0.2) is 29.2 Å². The Hall–Kier alpha value is -2.13. The third kappa shape index (κ3) is 5.45. The molecule has 1 aliphatic heterocycles. The van der Waals surface area contributed by atoms with Gasteiger partial charge in [-0.05, 0) is 51.0 Å². The first-order chi connectivity index (χ1) is 13.3. The second kappa shape index (κ2) is 9.88. The number of carbonyl (C=O) groups excluding carboxylic acids is 2. The molecule has 1 aromatic carbocycles. The molecule has 0 atom stereocenters. The smallest absolute Gasteiger partial charge is 0.325 e. The molecule has 0 unspecified atom stereocenters. The highest BCUT2D eigenvalue weighted by Gasteiger charge is 2.33. The molecule has 0 N–H and O–H groups in total. The Morgan fingerprint density at radius 2 is 1.71 bits per heavy atom. The highest BCUT2D eigenvalue weighted by Crippen LogP contribution is 2.26. The third-order valence-corrected chi connectivity index (χ3v) is 6.54. The lowest BCUT2D eigenvalue weighted by molar-refractivity contribution is -0.149. The van der Waals surface area contributed by atoms with Crippen LogP contribution < -0.4 is 4.74 Å². The summed E-state index contributed by atoms with van der Waals surface area (Å²) in [7, 11) is -2.05. The van der Waals surface area contributed by atoms with E-state index in [4.69, 9.17) is 9.47 Å². The minimum Gasteiger partial charge on any atom is -0.494 e. The molecule has 28 heavy (non-hydrogen) atoms. The molecule has 0 radical (unpaired) electrons. The van der Waals surface area contributed by atoms with Crippen molar-refractivity contribution in [1.29, 1.82) is 0 Å². The number of likely N-dealkylation sites (N-methyl/N-ethyl adjacent to an activating group) is 1. The van der Waals surface area contributed by atoms with E-state index in [0.717, 1.165) is 0 Å². The Morgan fingerprint density at radius 1 is 1.11 bits per heavy atom. The summed E-state index contributed by atoms with van der Waals surface area (Å²) < 4.78 is 37.2. The van der Waals surface area contributed by atoms with Gasteiger partial charge in [-0.2, -0.15) is 4.31 Å². The summed E-state index contributed by atoms with van der Waals surface area (Å²) in [5, 5.41) is 0. The minimum atomic E-state index is -3.61. The number of amides is 1. The fourth-order valence-corrected chi connectivity index (χ4v) is 4.63. The van der Waals surface area contributed by atoms with Crippen molar-refractivity contribution < 1.29 is 27.5 Å². The fourth-order valence-electron chi connectivity index (χ4n) is 3.16. The van der Waals surface area contributed by atoms with Crippen LogP contribution in [0.2, 0.25) is 0 Å². The van der Waals surface area contributed by atoms with Crippen molar-refractivity contribution in [2.75, 3.05) is 39.9 Å². The van der Waals surface area contributed by atoms with Gasteiger partial charge >= 0.3 is 5.97 Å². The Kier molecular flexibility index (Phi) is 7.82. The van der Waals surface area contributed by atoms with Gasteiger partial charge in [0.2, 0.25) is 15.9 Å². The van der Waals surface area contributed by atoms with Crippen LogP contribution in [0.1, 0.15) is 26.7 Å². The summed E-state index contributed by atoms with van der Waals surface area (Å²) in [5.41, 5.74) is 0. The van der Waals surface area contributed by atoms with E-state index in [9.17, 15) is 18.0 Å². The van der Waals surface area contributed by atoms with Gasteiger partial charge in [0.15, 0.2) is 0 Å². The summed E-state index contributed by atoms with van der Waals surface area (Å²) >= 11 is 0. The van der Waals surface area contributed by atoms with Crippen LogP contribution in [0.5, 0.6) is 5.75 Å². The predicted octanol–water partition coefficient (Wildman–Crippen LogP) is 1.51. The van der Waals surface area contributed by atoms with E-state index in [1.165, 1.54) is 21.3 Å². The van der Waals surface area contributed by atoms with Crippen molar-refractivity contribution in [2.45, 2.75) is 31.6 Å². The lowest BCUT2D eigenvalue weighted by Crippen LogP contribution is -2.44. The van der Waals surface area contributed by atoms with Crippen molar-refractivity contribution >= 4 is 21.9 Å². The molecule has 0 bridgehead atoms. The third-order valence-electron chi connectivity index (χ3n) is 4.62. The van der Waals surface area contributed by atoms with Gasteiger partial charge in [0, 0.05) is 26.1 Å². The standard InChI is InChI=1S/C19H28N2O6S/c1-4-26-16-6-8-17(9-7-16)28(24,25)21-12-10-15(11-13-21)19(23)20(3)14-18(22)27-5-2/h6-9,15H,4-5,10-14H2,1-3H3. The molecule has 0 aromatic heterocycles. The largest absolute Gasteiger partial charge is 0.494 e. The number of sulfonamides is 1. The Morgan fingerprint density at radius 3 is 2.25 bits per heavy atom. The molecule has 1 amide bonds. The molecule has 0 saturated carbocycles. The van der Waals surface area contributed by atoms with Crippen LogP contribution in [0, 0.1) is 5.92 Å². The first-order valence-electron chi connectivity index (χ1n) is 9.43. The normalized spacial score (nSPS) is 15.8. The van der Waals surface area contributed by atoms with E-state index >= 15 is 0 Å². The quantitative estimate of drug-likeness (QED) is 0.601. The van der Waals surface area contributed by atoms with E-state index < -0.39 is 16.0 Å². The molecule has 1 saturated heterocycles. The van der Waals surface area contributed by atoms with E-state index in [2.05, 4.69) is 0 Å². The lowest BCUT2D eigenvalue weighted by Gasteiger charge is -2.32. The lowest BCUT2D eigenvalue weighted by atomic mass is 9.97. The van der Waals surface area contributed by atoms with E-state index in [-0.39, 0.29) is 43.0 Å². The molecule has 156 valence electrons. The van der Waals surface area contributed by atoms with Crippen LogP contribution in [-0.4, -0.2) is 69.4 Å². The Balaban J connectivity index is 1.94. The van der Waals surface area contributed by atoms with Crippen LogP contribution in [-0.2, 0) is 24.3 Å². The van der Waals surface area contributed by atoms with Crippen molar-refractivity contribution in [1.82, 2.24) is 9.21 Å². The fraction of sp³-hybridized carbons (Fsp3) is 0.579. The second-order valence-electron chi connectivity index (χ2n) is 6.58. The van der Waals surface area contributed by atoms with Gasteiger partial charge in [0.25, 0.3) is 0 Å². The van der Waals surface area contributed by atoms with Crippen molar-refractivity contribution in [3.8, 4) is 5.75 Å². The zero-order chi connectivity index (χ0) is 20.7. The van der Waals surface area contributed by atoms with Gasteiger partial charge in [-0.3, -0.25) is 9.59 Å². The summed E-state index contributed by atoms with van der Waals surface area (Å²) in [5.74, 6) is -0.290. The molecule has 1 aliphatic rings. The first kappa shape index (κ1) is 22.2. The van der Waals surface area contributed by atoms with Gasteiger partial charge in [0.05, 0.1) is 18.1 Å². The number of nitrogens with zero attached hydrogens (tertiary/aromatic N) is 2. The van der Waals surface area contributed by atoms with Gasteiger partial charge < -0.3 is 14.4 Å². The predicted molar refractivity (Wildman–Crippen MR) is 103 cm³/mol. The second-order valence-corrected chi connectivity index (χ2v) is 8.52. The van der Waals surface area contributed by atoms with E-state index in [1.54, 1.807) is 26.1 Å². The minimum absolute atomic E-state index is 0.0998. The summed E-state index contributed by atoms with van der Waals surface area (Å²) in [6.45, 7) is 4.77. The zero-order valence-electron chi connectivity index (χ0n) is 16.6.